The summed E-state index contributed by atoms with van der Waals surface area (Å²) >= 11 is 12.6. The van der Waals surface area contributed by atoms with Crippen LogP contribution >= 0.6 is 23.2 Å². The average Bonchev–Trinajstić information content (AvgIpc) is 3.18. The number of benzene rings is 3. The minimum absolute atomic E-state index is 0.0297. The molecule has 1 amide bonds. The van der Waals surface area contributed by atoms with E-state index in [1.54, 1.807) is 12.1 Å². The Kier molecular flexibility index (Phi) is 7.72. The minimum atomic E-state index is -4.71. The van der Waals surface area contributed by atoms with Gasteiger partial charge in [0.1, 0.15) is 16.5 Å². The van der Waals surface area contributed by atoms with Gasteiger partial charge in [0.15, 0.2) is 11.5 Å². The van der Waals surface area contributed by atoms with Crippen LogP contribution in [-0.4, -0.2) is 38.1 Å². The normalized spacial score (nSPS) is 16.9. The van der Waals surface area contributed by atoms with Gasteiger partial charge in [-0.3, -0.25) is 14.5 Å². The predicted octanol–water partition coefficient (Wildman–Crippen LogP) is 6.66. The highest BCUT2D eigenvalue weighted by molar-refractivity contribution is 6.52. The number of halogens is 5. The first-order valence-electron chi connectivity index (χ1n) is 11.2. The molecule has 0 radical (unpaired) electrons. The van der Waals surface area contributed by atoms with Gasteiger partial charge in [0.05, 0.1) is 49.1 Å². The second-order valence-electron chi connectivity index (χ2n) is 8.28. The maximum Gasteiger partial charge on any atom is 0.416 e. The van der Waals surface area contributed by atoms with Crippen LogP contribution in [0.3, 0.4) is 0 Å². The van der Waals surface area contributed by atoms with E-state index >= 15 is 0 Å². The second-order valence-corrected chi connectivity index (χ2v) is 9.06. The number of carbonyl (C=O) groups is 2. The standard InChI is InChI=1S/C27H20Cl2F3NO6/c1-37-16-9-7-13(8-10-16)21-19(22(34)17-12-18(28)25(39-3)20(29)24(17)38-2)23(35)26(36)33(21)15-6-4-5-14(11-15)27(30,31)32/h4-12,21,34H,1-3H3/b22-19+. The van der Waals surface area contributed by atoms with E-state index in [0.717, 1.165) is 23.1 Å². The van der Waals surface area contributed by atoms with Gasteiger partial charge in [-0.1, -0.05) is 41.4 Å². The number of ether oxygens (including phenoxy) is 3. The van der Waals surface area contributed by atoms with Gasteiger partial charge in [-0.2, -0.15) is 13.2 Å². The fourth-order valence-corrected chi connectivity index (χ4v) is 5.01. The van der Waals surface area contributed by atoms with Crippen molar-refractivity contribution in [2.24, 2.45) is 0 Å². The Balaban J connectivity index is 2.01. The first-order chi connectivity index (χ1) is 18.4. The zero-order chi connectivity index (χ0) is 28.6. The minimum Gasteiger partial charge on any atom is -0.507 e. The molecule has 204 valence electrons. The Morgan fingerprint density at radius 3 is 2.13 bits per heavy atom. The van der Waals surface area contributed by atoms with E-state index in [4.69, 9.17) is 37.4 Å². The highest BCUT2D eigenvalue weighted by Crippen LogP contribution is 2.48. The number of aliphatic hydroxyl groups excluding tert-OH is 1. The fraction of sp³-hybridized carbons (Fsp3) is 0.185. The van der Waals surface area contributed by atoms with Crippen LogP contribution in [0.25, 0.3) is 5.76 Å². The van der Waals surface area contributed by atoms with Gasteiger partial charge in [0, 0.05) is 5.69 Å². The summed E-state index contributed by atoms with van der Waals surface area (Å²) in [6.07, 6.45) is -4.71. The molecule has 1 heterocycles. The van der Waals surface area contributed by atoms with Gasteiger partial charge in [-0.25, -0.2) is 0 Å². The number of alkyl halides is 3. The number of aliphatic hydroxyl groups is 1. The zero-order valence-electron chi connectivity index (χ0n) is 20.6. The molecule has 1 atom stereocenters. The van der Waals surface area contributed by atoms with Crippen molar-refractivity contribution in [3.05, 3.63) is 86.9 Å². The molecule has 1 fully saturated rings. The summed E-state index contributed by atoms with van der Waals surface area (Å²) in [5, 5.41) is 11.3. The third kappa shape index (κ3) is 4.97. The third-order valence-corrected chi connectivity index (χ3v) is 6.75. The molecule has 0 spiro atoms. The monoisotopic (exact) mass is 581 g/mol. The van der Waals surface area contributed by atoms with Crippen LogP contribution < -0.4 is 19.1 Å². The molecule has 1 saturated heterocycles. The third-order valence-electron chi connectivity index (χ3n) is 6.12. The number of rotatable bonds is 6. The summed E-state index contributed by atoms with van der Waals surface area (Å²) in [5.74, 6) is -2.61. The highest BCUT2D eigenvalue weighted by Gasteiger charge is 2.48. The Hall–Kier alpha value is -3.89. The molecule has 12 heteroatoms. The molecule has 1 aliphatic rings. The van der Waals surface area contributed by atoms with Gasteiger partial charge in [0.2, 0.25) is 0 Å². The molecule has 1 unspecified atom stereocenters. The van der Waals surface area contributed by atoms with Gasteiger partial charge < -0.3 is 19.3 Å². The van der Waals surface area contributed by atoms with Crippen molar-refractivity contribution in [1.82, 2.24) is 0 Å². The van der Waals surface area contributed by atoms with E-state index in [0.29, 0.717) is 11.3 Å². The van der Waals surface area contributed by atoms with Crippen LogP contribution in [0, 0.1) is 0 Å². The molecule has 3 aromatic rings. The maximum absolute atomic E-state index is 13.5. The Bertz CT molecular complexity index is 1490. The number of hydrogen-bond acceptors (Lipinski definition) is 6. The topological polar surface area (TPSA) is 85.3 Å². The molecule has 7 nitrogen and oxygen atoms in total. The number of ketones is 1. The van der Waals surface area contributed by atoms with Crippen molar-refractivity contribution in [2.45, 2.75) is 12.2 Å². The molecule has 1 aliphatic heterocycles. The molecule has 0 bridgehead atoms. The molecule has 39 heavy (non-hydrogen) atoms. The van der Waals surface area contributed by atoms with E-state index < -0.39 is 40.8 Å². The van der Waals surface area contributed by atoms with Crippen LogP contribution in [0.5, 0.6) is 17.2 Å². The van der Waals surface area contributed by atoms with Gasteiger partial charge in [0.25, 0.3) is 11.7 Å². The summed E-state index contributed by atoms with van der Waals surface area (Å²) < 4.78 is 56.2. The van der Waals surface area contributed by atoms with Gasteiger partial charge in [-0.15, -0.1) is 0 Å². The molecule has 1 N–H and O–H groups in total. The van der Waals surface area contributed by atoms with E-state index in [1.807, 2.05) is 0 Å². The number of Topliss-reactive ketones (excluding diaryl/α,β-unsaturated/α-hetero) is 1. The van der Waals surface area contributed by atoms with Crippen LogP contribution in [0.2, 0.25) is 10.0 Å². The molecule has 0 aliphatic carbocycles. The Morgan fingerprint density at radius 1 is 0.923 bits per heavy atom. The summed E-state index contributed by atoms with van der Waals surface area (Å²) in [6.45, 7) is 0. The number of amides is 1. The molecular weight excluding hydrogens is 562 g/mol. The number of anilines is 1. The van der Waals surface area contributed by atoms with Gasteiger partial charge >= 0.3 is 6.18 Å². The number of methoxy groups -OCH3 is 3. The lowest BCUT2D eigenvalue weighted by Crippen LogP contribution is -2.29. The summed E-state index contributed by atoms with van der Waals surface area (Å²) in [7, 11) is 4.01. The SMILES string of the molecule is COc1ccc(C2/C(=C(\O)c3cc(Cl)c(OC)c(Cl)c3OC)C(=O)C(=O)N2c2cccc(C(F)(F)F)c2)cc1. The summed E-state index contributed by atoms with van der Waals surface area (Å²) in [6, 6.07) is 10.0. The van der Waals surface area contributed by atoms with Crippen LogP contribution in [0.1, 0.15) is 22.7 Å². The number of carbonyl (C=O) groups excluding carboxylic acids is 2. The largest absolute Gasteiger partial charge is 0.507 e. The Labute approximate surface area is 230 Å². The first kappa shape index (κ1) is 28.1. The van der Waals surface area contributed by atoms with Crippen molar-refractivity contribution < 1.29 is 42.1 Å². The van der Waals surface area contributed by atoms with Crippen molar-refractivity contribution in [3.8, 4) is 17.2 Å². The zero-order valence-corrected chi connectivity index (χ0v) is 22.1. The van der Waals surface area contributed by atoms with Crippen LogP contribution in [-0.2, 0) is 15.8 Å². The van der Waals surface area contributed by atoms with Crippen molar-refractivity contribution >= 4 is 46.3 Å². The summed E-state index contributed by atoms with van der Waals surface area (Å²) in [5.41, 5.74) is -1.47. The quantitative estimate of drug-likeness (QED) is 0.199. The lowest BCUT2D eigenvalue weighted by Gasteiger charge is -2.26. The lowest BCUT2D eigenvalue weighted by molar-refractivity contribution is -0.137. The van der Waals surface area contributed by atoms with Crippen molar-refractivity contribution in [3.63, 3.8) is 0 Å². The maximum atomic E-state index is 13.5. The van der Waals surface area contributed by atoms with E-state index in [1.165, 1.54) is 45.6 Å². The first-order valence-corrected chi connectivity index (χ1v) is 11.9. The van der Waals surface area contributed by atoms with Gasteiger partial charge in [-0.05, 0) is 42.0 Å². The van der Waals surface area contributed by atoms with E-state index in [-0.39, 0.29) is 32.8 Å². The lowest BCUT2D eigenvalue weighted by atomic mass is 9.94. The smallest absolute Gasteiger partial charge is 0.416 e. The number of hydrogen-bond donors (Lipinski definition) is 1. The molecule has 0 saturated carbocycles. The average molecular weight is 582 g/mol. The van der Waals surface area contributed by atoms with Crippen molar-refractivity contribution in [2.75, 3.05) is 26.2 Å². The van der Waals surface area contributed by atoms with Crippen molar-refractivity contribution in [1.29, 1.82) is 0 Å². The molecule has 3 aromatic carbocycles. The highest BCUT2D eigenvalue weighted by atomic mass is 35.5. The van der Waals surface area contributed by atoms with Crippen LogP contribution in [0.4, 0.5) is 18.9 Å². The molecule has 4 rings (SSSR count). The summed E-state index contributed by atoms with van der Waals surface area (Å²) in [4.78, 5) is 27.6. The predicted molar refractivity (Wildman–Crippen MR) is 139 cm³/mol. The Morgan fingerprint density at radius 2 is 1.56 bits per heavy atom. The van der Waals surface area contributed by atoms with E-state index in [9.17, 15) is 27.9 Å². The van der Waals surface area contributed by atoms with Crippen LogP contribution in [0.15, 0.2) is 60.2 Å². The second kappa shape index (κ2) is 10.7. The number of nitrogens with zero attached hydrogens (tertiary/aromatic N) is 1. The van der Waals surface area contributed by atoms with E-state index in [2.05, 4.69) is 0 Å². The molecular formula is C27H20Cl2F3NO6. The molecule has 0 aromatic heterocycles. The fourth-order valence-electron chi connectivity index (χ4n) is 4.32.